The summed E-state index contributed by atoms with van der Waals surface area (Å²) in [6.07, 6.45) is 4.36. The van der Waals surface area contributed by atoms with E-state index in [1.807, 2.05) is 12.1 Å². The predicted molar refractivity (Wildman–Crippen MR) is 111 cm³/mol. The lowest BCUT2D eigenvalue weighted by Crippen LogP contribution is -2.56. The van der Waals surface area contributed by atoms with Gasteiger partial charge in [0.15, 0.2) is 0 Å². The zero-order valence-electron chi connectivity index (χ0n) is 17.9. The smallest absolute Gasteiger partial charge is 0.305 e. The Kier molecular flexibility index (Phi) is 7.25. The first-order valence-corrected chi connectivity index (χ1v) is 10.7. The Bertz CT molecular complexity index is 840. The molecule has 1 aromatic heterocycles. The highest BCUT2D eigenvalue weighted by Crippen LogP contribution is 2.36. The number of hydrogen-bond acceptors (Lipinski definition) is 6. The van der Waals surface area contributed by atoms with Gasteiger partial charge in [-0.1, -0.05) is 31.8 Å². The van der Waals surface area contributed by atoms with Gasteiger partial charge in [-0.15, -0.1) is 0 Å². The number of carbonyl (C=O) groups excluding carboxylic acids is 1. The summed E-state index contributed by atoms with van der Waals surface area (Å²) in [4.78, 5) is 34.2. The molecule has 170 valence electrons. The molecule has 1 aromatic rings. The lowest BCUT2D eigenvalue weighted by Gasteiger charge is -2.32. The van der Waals surface area contributed by atoms with Crippen LogP contribution < -0.4 is 5.32 Å². The number of oxime groups is 1. The van der Waals surface area contributed by atoms with Gasteiger partial charge < -0.3 is 20.4 Å². The van der Waals surface area contributed by atoms with E-state index in [4.69, 9.17) is 9.94 Å². The van der Waals surface area contributed by atoms with Crippen LogP contribution in [0.15, 0.2) is 23.5 Å². The average Bonchev–Trinajstić information content (AvgIpc) is 3.43. The van der Waals surface area contributed by atoms with E-state index >= 15 is 0 Å². The van der Waals surface area contributed by atoms with Gasteiger partial charge in [0.1, 0.15) is 18.5 Å². The summed E-state index contributed by atoms with van der Waals surface area (Å²) in [5.74, 6) is -1.71. The molecule has 3 rings (SSSR count). The third-order valence-corrected chi connectivity index (χ3v) is 6.31. The molecule has 3 N–H and O–H groups in total. The molecule has 3 atom stereocenters. The second-order valence-electron chi connectivity index (χ2n) is 8.71. The first-order chi connectivity index (χ1) is 14.8. The second-order valence-corrected chi connectivity index (χ2v) is 8.71. The summed E-state index contributed by atoms with van der Waals surface area (Å²) in [6, 6.07) is 2.72. The van der Waals surface area contributed by atoms with Gasteiger partial charge in [-0.25, -0.2) is 4.39 Å². The highest BCUT2D eigenvalue weighted by molar-refractivity contribution is 6.04. The number of nitrogens with one attached hydrogen (secondary N) is 1. The quantitative estimate of drug-likeness (QED) is 0.548. The van der Waals surface area contributed by atoms with Crippen LogP contribution in [-0.2, 0) is 14.4 Å². The number of aliphatic carboxylic acids is 1. The first-order valence-electron chi connectivity index (χ1n) is 10.7. The summed E-state index contributed by atoms with van der Waals surface area (Å²) in [6.45, 7) is 2.41. The van der Waals surface area contributed by atoms with Gasteiger partial charge in [0.2, 0.25) is 5.60 Å². The fraction of sp³-hybridized carbons (Fsp3) is 0.636. The maximum atomic E-state index is 13.1. The molecule has 1 amide bonds. The number of aromatic nitrogens is 1. The van der Waals surface area contributed by atoms with Crippen LogP contribution >= 0.6 is 0 Å². The van der Waals surface area contributed by atoms with Gasteiger partial charge >= 0.3 is 5.97 Å². The van der Waals surface area contributed by atoms with Crippen LogP contribution in [0.5, 0.6) is 0 Å². The van der Waals surface area contributed by atoms with E-state index in [0.29, 0.717) is 17.3 Å². The van der Waals surface area contributed by atoms with Crippen LogP contribution in [0.4, 0.5) is 4.39 Å². The molecule has 1 aliphatic carbocycles. The lowest BCUT2D eigenvalue weighted by atomic mass is 9.83. The molecule has 0 spiro atoms. The highest BCUT2D eigenvalue weighted by Gasteiger charge is 2.50. The molecule has 2 aliphatic rings. The van der Waals surface area contributed by atoms with Crippen LogP contribution in [0.3, 0.4) is 0 Å². The van der Waals surface area contributed by atoms with E-state index in [1.165, 1.54) is 18.4 Å². The van der Waals surface area contributed by atoms with Crippen molar-refractivity contribution in [2.75, 3.05) is 6.67 Å². The van der Waals surface area contributed by atoms with Crippen molar-refractivity contribution in [3.63, 3.8) is 0 Å². The molecule has 2 unspecified atom stereocenters. The van der Waals surface area contributed by atoms with Crippen molar-refractivity contribution in [2.24, 2.45) is 11.1 Å². The SMILES string of the molecule is CC(C)[C@@]1(C(=O)NC(CC(=O)O)C(O)CF)CC(c2cc(C3CCCC3)ccn2)=NO1. The Hall–Kier alpha value is -2.55. The molecule has 0 radical (unpaired) electrons. The van der Waals surface area contributed by atoms with Crippen molar-refractivity contribution in [2.45, 2.75) is 76.0 Å². The molecular formula is C22H30FN3O5. The number of carboxylic acid groups (broad SMARTS) is 1. The largest absolute Gasteiger partial charge is 0.481 e. The molecule has 1 aliphatic heterocycles. The minimum absolute atomic E-state index is 0.142. The maximum Gasteiger partial charge on any atom is 0.305 e. The molecule has 0 aromatic carbocycles. The zero-order chi connectivity index (χ0) is 22.6. The molecular weight excluding hydrogens is 405 g/mol. The summed E-state index contributed by atoms with van der Waals surface area (Å²) in [5.41, 5.74) is 0.979. The number of rotatable bonds is 9. The van der Waals surface area contributed by atoms with Crippen LogP contribution in [0.1, 0.15) is 69.5 Å². The summed E-state index contributed by atoms with van der Waals surface area (Å²) >= 11 is 0. The van der Waals surface area contributed by atoms with Crippen molar-refractivity contribution in [1.82, 2.24) is 10.3 Å². The van der Waals surface area contributed by atoms with E-state index in [0.717, 1.165) is 12.8 Å². The minimum atomic E-state index is -1.63. The van der Waals surface area contributed by atoms with Gasteiger partial charge in [0.05, 0.1) is 18.2 Å². The van der Waals surface area contributed by atoms with E-state index in [1.54, 1.807) is 20.0 Å². The zero-order valence-corrected chi connectivity index (χ0v) is 17.9. The molecule has 0 bridgehead atoms. The number of amides is 1. The van der Waals surface area contributed by atoms with Crippen LogP contribution in [0, 0.1) is 5.92 Å². The Labute approximate surface area is 180 Å². The van der Waals surface area contributed by atoms with Gasteiger partial charge in [-0.3, -0.25) is 14.6 Å². The van der Waals surface area contributed by atoms with Gasteiger partial charge in [-0.2, -0.15) is 0 Å². The van der Waals surface area contributed by atoms with Crippen LogP contribution in [-0.4, -0.2) is 57.2 Å². The molecule has 0 saturated heterocycles. The highest BCUT2D eigenvalue weighted by atomic mass is 19.1. The molecule has 9 heteroatoms. The number of pyridine rings is 1. The summed E-state index contributed by atoms with van der Waals surface area (Å²) in [5, 5.41) is 25.5. The van der Waals surface area contributed by atoms with E-state index in [2.05, 4.69) is 15.5 Å². The fourth-order valence-electron chi connectivity index (χ4n) is 4.27. The number of aliphatic hydroxyl groups is 1. The number of hydrogen-bond donors (Lipinski definition) is 3. The summed E-state index contributed by atoms with van der Waals surface area (Å²) < 4.78 is 13.0. The third kappa shape index (κ3) is 5.03. The van der Waals surface area contributed by atoms with Crippen molar-refractivity contribution in [1.29, 1.82) is 0 Å². The van der Waals surface area contributed by atoms with Crippen molar-refractivity contribution >= 4 is 17.6 Å². The number of aliphatic hydroxyl groups excluding tert-OH is 1. The standard InChI is InChI=1S/C22H30FN3O5/c1-13(2)22(21(30)25-17(10-20(28)29)19(27)12-23)11-18(26-31-22)16-9-15(7-8-24-16)14-5-3-4-6-14/h7-9,13-14,17,19,27H,3-6,10-12H2,1-2H3,(H,25,30)(H,28,29)/t17?,19?,22-/m1/s1. The van der Waals surface area contributed by atoms with Gasteiger partial charge in [-0.05, 0) is 36.5 Å². The predicted octanol–water partition coefficient (Wildman–Crippen LogP) is 2.55. The number of nitrogens with zero attached hydrogens (tertiary/aromatic N) is 2. The topological polar surface area (TPSA) is 121 Å². The molecule has 2 heterocycles. The van der Waals surface area contributed by atoms with Crippen LogP contribution in [0.25, 0.3) is 0 Å². The van der Waals surface area contributed by atoms with E-state index in [-0.39, 0.29) is 12.3 Å². The lowest BCUT2D eigenvalue weighted by molar-refractivity contribution is -0.152. The number of halogens is 1. The third-order valence-electron chi connectivity index (χ3n) is 6.31. The second kappa shape index (κ2) is 9.72. The Morgan fingerprint density at radius 2 is 2.06 bits per heavy atom. The first kappa shape index (κ1) is 23.1. The van der Waals surface area contributed by atoms with Gasteiger partial charge in [0.25, 0.3) is 5.91 Å². The number of alkyl halides is 1. The van der Waals surface area contributed by atoms with E-state index < -0.39 is 42.7 Å². The Morgan fingerprint density at radius 1 is 1.35 bits per heavy atom. The normalized spacial score (nSPS) is 23.3. The molecule has 8 nitrogen and oxygen atoms in total. The van der Waals surface area contributed by atoms with Crippen molar-refractivity contribution in [3.8, 4) is 0 Å². The number of carboxylic acids is 1. The summed E-state index contributed by atoms with van der Waals surface area (Å²) in [7, 11) is 0. The van der Waals surface area contributed by atoms with Crippen LogP contribution in [0.2, 0.25) is 0 Å². The fourth-order valence-corrected chi connectivity index (χ4v) is 4.27. The van der Waals surface area contributed by atoms with Crippen molar-refractivity contribution in [3.05, 3.63) is 29.6 Å². The minimum Gasteiger partial charge on any atom is -0.481 e. The Balaban J connectivity index is 1.78. The molecule has 1 fully saturated rings. The molecule has 1 saturated carbocycles. The van der Waals surface area contributed by atoms with E-state index in [9.17, 15) is 19.1 Å². The number of carbonyl (C=O) groups is 2. The monoisotopic (exact) mass is 435 g/mol. The van der Waals surface area contributed by atoms with Crippen molar-refractivity contribution < 1.29 is 29.0 Å². The Morgan fingerprint density at radius 3 is 2.68 bits per heavy atom. The molecule has 31 heavy (non-hydrogen) atoms. The average molecular weight is 435 g/mol. The maximum absolute atomic E-state index is 13.1. The van der Waals surface area contributed by atoms with Gasteiger partial charge in [0, 0.05) is 18.5 Å².